The molecule has 1 aromatic heterocycles. The molecule has 0 amide bonds. The molecule has 0 radical (unpaired) electrons. The maximum atomic E-state index is 13.2. The lowest BCUT2D eigenvalue weighted by molar-refractivity contribution is 0.624. The fourth-order valence-electron chi connectivity index (χ4n) is 2.55. The first-order valence-electron chi connectivity index (χ1n) is 6.74. The van der Waals surface area contributed by atoms with E-state index < -0.39 is 0 Å². The molecule has 3 rings (SSSR count). The average molecular weight is 349 g/mol. The largest absolute Gasteiger partial charge is 0.329 e. The standard InChI is InChI=1S/C16H14BrFN2O/c1-2-19-14-5-3-4-6-15(14)20(16(19)21)10-11-7-8-12(18)9-13(11)17/h3-9H,2,10H2,1H3. The van der Waals surface area contributed by atoms with Gasteiger partial charge in [0.15, 0.2) is 0 Å². The van der Waals surface area contributed by atoms with E-state index in [1.165, 1.54) is 12.1 Å². The van der Waals surface area contributed by atoms with E-state index in [4.69, 9.17) is 0 Å². The Hall–Kier alpha value is -1.88. The van der Waals surface area contributed by atoms with E-state index >= 15 is 0 Å². The molecular formula is C16H14BrFN2O. The molecule has 0 saturated heterocycles. The average Bonchev–Trinajstić information content (AvgIpc) is 2.74. The maximum absolute atomic E-state index is 13.2. The Kier molecular flexibility index (Phi) is 3.68. The van der Waals surface area contributed by atoms with Crippen molar-refractivity contribution in [3.8, 4) is 0 Å². The van der Waals surface area contributed by atoms with Crippen LogP contribution in [0, 0.1) is 5.82 Å². The summed E-state index contributed by atoms with van der Waals surface area (Å²) in [6.45, 7) is 2.98. The minimum atomic E-state index is -0.297. The van der Waals surface area contributed by atoms with Crippen molar-refractivity contribution < 1.29 is 4.39 Å². The lowest BCUT2D eigenvalue weighted by Gasteiger charge is -2.06. The number of para-hydroxylation sites is 2. The number of fused-ring (bicyclic) bond motifs is 1. The third kappa shape index (κ3) is 2.42. The van der Waals surface area contributed by atoms with Gasteiger partial charge in [0, 0.05) is 11.0 Å². The van der Waals surface area contributed by atoms with E-state index in [9.17, 15) is 9.18 Å². The molecule has 21 heavy (non-hydrogen) atoms. The second-order valence-corrected chi connectivity index (χ2v) is 5.69. The zero-order valence-electron chi connectivity index (χ0n) is 11.5. The molecule has 0 saturated carbocycles. The number of aryl methyl sites for hydroxylation is 1. The summed E-state index contributed by atoms with van der Waals surface area (Å²) < 4.78 is 17.3. The summed E-state index contributed by atoms with van der Waals surface area (Å²) in [5, 5.41) is 0. The van der Waals surface area contributed by atoms with Crippen LogP contribution in [0.2, 0.25) is 0 Å². The summed E-state index contributed by atoms with van der Waals surface area (Å²) >= 11 is 3.35. The lowest BCUT2D eigenvalue weighted by atomic mass is 10.2. The van der Waals surface area contributed by atoms with Crippen LogP contribution in [0.5, 0.6) is 0 Å². The number of imidazole rings is 1. The molecule has 1 heterocycles. The topological polar surface area (TPSA) is 26.9 Å². The van der Waals surface area contributed by atoms with E-state index in [0.29, 0.717) is 17.6 Å². The Labute approximate surface area is 129 Å². The number of rotatable bonds is 3. The van der Waals surface area contributed by atoms with Crippen LogP contribution in [0.1, 0.15) is 12.5 Å². The number of halogens is 2. The molecule has 0 aliphatic heterocycles. The van der Waals surface area contributed by atoms with Crippen molar-refractivity contribution >= 4 is 27.0 Å². The molecule has 0 aliphatic rings. The van der Waals surface area contributed by atoms with E-state index in [2.05, 4.69) is 15.9 Å². The maximum Gasteiger partial charge on any atom is 0.329 e. The number of benzene rings is 2. The summed E-state index contributed by atoms with van der Waals surface area (Å²) in [4.78, 5) is 12.5. The summed E-state index contributed by atoms with van der Waals surface area (Å²) in [7, 11) is 0. The summed E-state index contributed by atoms with van der Waals surface area (Å²) in [6, 6.07) is 12.2. The molecule has 108 valence electrons. The van der Waals surface area contributed by atoms with Crippen molar-refractivity contribution in [2.45, 2.75) is 20.0 Å². The molecular weight excluding hydrogens is 335 g/mol. The Morgan fingerprint density at radius 3 is 2.38 bits per heavy atom. The Morgan fingerprint density at radius 2 is 1.76 bits per heavy atom. The van der Waals surface area contributed by atoms with Crippen LogP contribution in [0.3, 0.4) is 0 Å². The molecule has 0 fully saturated rings. The lowest BCUT2D eigenvalue weighted by Crippen LogP contribution is -2.24. The predicted molar refractivity (Wildman–Crippen MR) is 85.1 cm³/mol. The van der Waals surface area contributed by atoms with Crippen molar-refractivity contribution in [2.24, 2.45) is 0 Å². The van der Waals surface area contributed by atoms with Gasteiger partial charge in [-0.3, -0.25) is 9.13 Å². The van der Waals surface area contributed by atoms with Crippen molar-refractivity contribution in [1.82, 2.24) is 9.13 Å². The first kappa shape index (κ1) is 14.1. The third-order valence-corrected chi connectivity index (χ3v) is 4.32. The first-order valence-corrected chi connectivity index (χ1v) is 7.53. The van der Waals surface area contributed by atoms with Gasteiger partial charge in [0.05, 0.1) is 17.6 Å². The van der Waals surface area contributed by atoms with Gasteiger partial charge in [-0.1, -0.05) is 34.1 Å². The number of hydrogen-bond donors (Lipinski definition) is 0. The van der Waals surface area contributed by atoms with Gasteiger partial charge in [-0.15, -0.1) is 0 Å². The van der Waals surface area contributed by atoms with Crippen LogP contribution < -0.4 is 5.69 Å². The van der Waals surface area contributed by atoms with Gasteiger partial charge in [-0.05, 0) is 36.8 Å². The molecule has 2 aromatic carbocycles. The number of hydrogen-bond acceptors (Lipinski definition) is 1. The van der Waals surface area contributed by atoms with Crippen LogP contribution >= 0.6 is 15.9 Å². The molecule has 0 unspecified atom stereocenters. The third-order valence-electron chi connectivity index (χ3n) is 3.58. The molecule has 0 atom stereocenters. The smallest absolute Gasteiger partial charge is 0.292 e. The van der Waals surface area contributed by atoms with Gasteiger partial charge in [0.2, 0.25) is 0 Å². The fourth-order valence-corrected chi connectivity index (χ4v) is 3.03. The van der Waals surface area contributed by atoms with Gasteiger partial charge >= 0.3 is 5.69 Å². The molecule has 0 spiro atoms. The van der Waals surface area contributed by atoms with Crippen molar-refractivity contribution in [1.29, 1.82) is 0 Å². The highest BCUT2D eigenvalue weighted by molar-refractivity contribution is 9.10. The minimum absolute atomic E-state index is 0.0464. The van der Waals surface area contributed by atoms with Crippen molar-refractivity contribution in [3.05, 3.63) is 68.8 Å². The van der Waals surface area contributed by atoms with E-state index in [1.54, 1.807) is 15.2 Å². The zero-order valence-corrected chi connectivity index (χ0v) is 13.1. The molecule has 0 aliphatic carbocycles. The van der Waals surface area contributed by atoms with Crippen LogP contribution in [-0.4, -0.2) is 9.13 Å². The van der Waals surface area contributed by atoms with Gasteiger partial charge < -0.3 is 0 Å². The van der Waals surface area contributed by atoms with E-state index in [-0.39, 0.29) is 11.5 Å². The van der Waals surface area contributed by atoms with Gasteiger partial charge in [0.1, 0.15) is 5.82 Å². The molecule has 5 heteroatoms. The monoisotopic (exact) mass is 348 g/mol. The first-order chi connectivity index (χ1) is 10.1. The van der Waals surface area contributed by atoms with E-state index in [1.807, 2.05) is 31.2 Å². The van der Waals surface area contributed by atoms with Crippen molar-refractivity contribution in [3.63, 3.8) is 0 Å². The number of aromatic nitrogens is 2. The Bertz CT molecular complexity index is 866. The van der Waals surface area contributed by atoms with Gasteiger partial charge in [0.25, 0.3) is 0 Å². The Morgan fingerprint density at radius 1 is 1.10 bits per heavy atom. The van der Waals surface area contributed by atoms with Crippen LogP contribution in [0.25, 0.3) is 11.0 Å². The van der Waals surface area contributed by atoms with Gasteiger partial charge in [-0.2, -0.15) is 0 Å². The molecule has 0 bridgehead atoms. The summed E-state index contributed by atoms with van der Waals surface area (Å²) in [6.07, 6.45) is 0. The second-order valence-electron chi connectivity index (χ2n) is 4.84. The fraction of sp³-hybridized carbons (Fsp3) is 0.188. The SMILES string of the molecule is CCn1c(=O)n(Cc2ccc(F)cc2Br)c2ccccc21. The molecule has 3 aromatic rings. The normalized spacial score (nSPS) is 11.2. The zero-order chi connectivity index (χ0) is 15.0. The summed E-state index contributed by atoms with van der Waals surface area (Å²) in [5.41, 5.74) is 2.64. The van der Waals surface area contributed by atoms with Crippen molar-refractivity contribution in [2.75, 3.05) is 0 Å². The minimum Gasteiger partial charge on any atom is -0.292 e. The molecule has 3 nitrogen and oxygen atoms in total. The highest BCUT2D eigenvalue weighted by Gasteiger charge is 2.13. The predicted octanol–water partition coefficient (Wildman–Crippen LogP) is 3.77. The van der Waals surface area contributed by atoms with Crippen LogP contribution in [0.4, 0.5) is 4.39 Å². The summed E-state index contributed by atoms with van der Waals surface area (Å²) in [5.74, 6) is -0.297. The highest BCUT2D eigenvalue weighted by atomic mass is 79.9. The van der Waals surface area contributed by atoms with Crippen LogP contribution in [-0.2, 0) is 13.1 Å². The molecule has 0 N–H and O–H groups in total. The number of nitrogens with zero attached hydrogens (tertiary/aromatic N) is 2. The second kappa shape index (κ2) is 5.48. The van der Waals surface area contributed by atoms with Gasteiger partial charge in [-0.25, -0.2) is 9.18 Å². The quantitative estimate of drug-likeness (QED) is 0.707. The Balaban J connectivity index is 2.17. The van der Waals surface area contributed by atoms with E-state index in [0.717, 1.165) is 16.6 Å². The highest BCUT2D eigenvalue weighted by Crippen LogP contribution is 2.21. The van der Waals surface area contributed by atoms with Crippen LogP contribution in [0.15, 0.2) is 51.7 Å².